The fourth-order valence-corrected chi connectivity index (χ4v) is 2.77. The Morgan fingerprint density at radius 2 is 2.13 bits per heavy atom. The maximum Gasteiger partial charge on any atom is 0.418 e. The van der Waals surface area contributed by atoms with Crippen LogP contribution in [0.3, 0.4) is 0 Å². The van der Waals surface area contributed by atoms with Crippen molar-refractivity contribution >= 4 is 11.6 Å². The lowest BCUT2D eigenvalue weighted by atomic mass is 10.0. The molecule has 0 saturated carbocycles. The normalized spacial score (nSPS) is 20.5. The standard InChI is InChI=1S/C16H21F3N2O2/c1-11(22)12-6-8-21(10-12)9-7-15(23)20-14-5-3-2-4-13(14)16(17,18)19/h2-5,11-12,22H,6-10H2,1H3,(H,20,23). The van der Waals surface area contributed by atoms with Gasteiger partial charge in [-0.25, -0.2) is 0 Å². The molecule has 4 nitrogen and oxygen atoms in total. The van der Waals surface area contributed by atoms with Crippen molar-refractivity contribution < 1.29 is 23.1 Å². The van der Waals surface area contributed by atoms with Crippen molar-refractivity contribution in [1.29, 1.82) is 0 Å². The first-order chi connectivity index (χ1) is 10.8. The molecule has 1 heterocycles. The Bertz CT molecular complexity index is 546. The van der Waals surface area contributed by atoms with E-state index in [9.17, 15) is 23.1 Å². The topological polar surface area (TPSA) is 52.6 Å². The van der Waals surface area contributed by atoms with Gasteiger partial charge in [-0.05, 0) is 37.9 Å². The summed E-state index contributed by atoms with van der Waals surface area (Å²) in [7, 11) is 0. The number of hydrogen-bond donors (Lipinski definition) is 2. The number of rotatable bonds is 5. The highest BCUT2D eigenvalue weighted by molar-refractivity contribution is 5.91. The molecule has 1 aromatic rings. The highest BCUT2D eigenvalue weighted by Gasteiger charge is 2.33. The molecule has 2 N–H and O–H groups in total. The van der Waals surface area contributed by atoms with E-state index in [1.54, 1.807) is 6.92 Å². The quantitative estimate of drug-likeness (QED) is 0.873. The molecular weight excluding hydrogens is 309 g/mol. The fourth-order valence-electron chi connectivity index (χ4n) is 2.77. The molecule has 1 aromatic carbocycles. The van der Waals surface area contributed by atoms with Crippen LogP contribution in [0.25, 0.3) is 0 Å². The molecular formula is C16H21F3N2O2. The number of amides is 1. The van der Waals surface area contributed by atoms with E-state index in [1.165, 1.54) is 18.2 Å². The average Bonchev–Trinajstić information content (AvgIpc) is 2.94. The zero-order valence-electron chi connectivity index (χ0n) is 12.9. The number of nitrogens with zero attached hydrogens (tertiary/aromatic N) is 1. The van der Waals surface area contributed by atoms with Crippen LogP contribution in [-0.2, 0) is 11.0 Å². The van der Waals surface area contributed by atoms with Crippen LogP contribution in [-0.4, -0.2) is 41.7 Å². The minimum absolute atomic E-state index is 0.124. The Morgan fingerprint density at radius 1 is 1.43 bits per heavy atom. The molecule has 1 aliphatic rings. The van der Waals surface area contributed by atoms with Crippen molar-refractivity contribution in [2.24, 2.45) is 5.92 Å². The summed E-state index contributed by atoms with van der Waals surface area (Å²) < 4.78 is 38.6. The smallest absolute Gasteiger partial charge is 0.393 e. The minimum atomic E-state index is -4.50. The van der Waals surface area contributed by atoms with Crippen molar-refractivity contribution in [3.63, 3.8) is 0 Å². The highest BCUT2D eigenvalue weighted by atomic mass is 19.4. The van der Waals surface area contributed by atoms with Crippen LogP contribution in [0.5, 0.6) is 0 Å². The number of hydrogen-bond acceptors (Lipinski definition) is 3. The van der Waals surface area contributed by atoms with Gasteiger partial charge in [-0.2, -0.15) is 13.2 Å². The van der Waals surface area contributed by atoms with Gasteiger partial charge in [0.05, 0.1) is 17.4 Å². The monoisotopic (exact) mass is 330 g/mol. The number of carbonyl (C=O) groups excluding carboxylic acids is 1. The van der Waals surface area contributed by atoms with Crippen molar-refractivity contribution in [3.05, 3.63) is 29.8 Å². The maximum absolute atomic E-state index is 12.9. The van der Waals surface area contributed by atoms with E-state index in [-0.39, 0.29) is 24.1 Å². The third-order valence-electron chi connectivity index (χ3n) is 4.15. The number of aliphatic hydroxyl groups excluding tert-OH is 1. The molecule has 1 fully saturated rings. The van der Waals surface area contributed by atoms with Crippen molar-refractivity contribution in [2.45, 2.75) is 32.0 Å². The first-order valence-corrected chi connectivity index (χ1v) is 7.64. The fraction of sp³-hybridized carbons (Fsp3) is 0.562. The zero-order valence-corrected chi connectivity index (χ0v) is 12.9. The minimum Gasteiger partial charge on any atom is -0.393 e. The van der Waals surface area contributed by atoms with Crippen LogP contribution in [0.15, 0.2) is 24.3 Å². The van der Waals surface area contributed by atoms with Crippen molar-refractivity contribution in [1.82, 2.24) is 4.90 Å². The van der Waals surface area contributed by atoms with E-state index < -0.39 is 17.6 Å². The summed E-state index contributed by atoms with van der Waals surface area (Å²) in [5.74, 6) is -0.244. The van der Waals surface area contributed by atoms with E-state index in [4.69, 9.17) is 0 Å². The predicted molar refractivity (Wildman–Crippen MR) is 80.9 cm³/mol. The van der Waals surface area contributed by atoms with Gasteiger partial charge < -0.3 is 15.3 Å². The summed E-state index contributed by atoms with van der Waals surface area (Å²) in [6.45, 7) is 3.73. The molecule has 7 heteroatoms. The number of aliphatic hydroxyl groups is 1. The Morgan fingerprint density at radius 3 is 2.74 bits per heavy atom. The lowest BCUT2D eigenvalue weighted by Crippen LogP contribution is -2.28. The molecule has 0 aromatic heterocycles. The average molecular weight is 330 g/mol. The summed E-state index contributed by atoms with van der Waals surface area (Å²) in [6, 6.07) is 4.95. The van der Waals surface area contributed by atoms with Gasteiger partial charge in [0.2, 0.25) is 5.91 Å². The largest absolute Gasteiger partial charge is 0.418 e. The molecule has 1 aliphatic heterocycles. The predicted octanol–water partition coefficient (Wildman–Crippen LogP) is 2.74. The van der Waals surface area contributed by atoms with E-state index in [1.807, 2.05) is 4.90 Å². The molecule has 1 saturated heterocycles. The van der Waals surface area contributed by atoms with E-state index in [0.29, 0.717) is 13.1 Å². The van der Waals surface area contributed by atoms with E-state index >= 15 is 0 Å². The third-order valence-corrected chi connectivity index (χ3v) is 4.15. The second-order valence-corrected chi connectivity index (χ2v) is 5.93. The van der Waals surface area contributed by atoms with Crippen LogP contribution in [0, 0.1) is 5.92 Å². The van der Waals surface area contributed by atoms with Gasteiger partial charge in [0.25, 0.3) is 0 Å². The second kappa shape index (κ2) is 7.31. The molecule has 0 spiro atoms. The maximum atomic E-state index is 12.9. The highest BCUT2D eigenvalue weighted by Crippen LogP contribution is 2.34. The number of halogens is 3. The summed E-state index contributed by atoms with van der Waals surface area (Å²) in [6.07, 6.45) is -3.88. The number of alkyl halides is 3. The van der Waals surface area contributed by atoms with Crippen LogP contribution in [0.2, 0.25) is 0 Å². The van der Waals surface area contributed by atoms with E-state index in [2.05, 4.69) is 5.32 Å². The SMILES string of the molecule is CC(O)C1CCN(CCC(=O)Nc2ccccc2C(F)(F)F)C1. The number of benzene rings is 1. The van der Waals surface area contributed by atoms with Gasteiger partial charge in [0.1, 0.15) is 0 Å². The first kappa shape index (κ1) is 17.7. The number of carbonyl (C=O) groups is 1. The van der Waals surface area contributed by atoms with Gasteiger partial charge in [-0.3, -0.25) is 4.79 Å². The molecule has 23 heavy (non-hydrogen) atoms. The van der Waals surface area contributed by atoms with Gasteiger partial charge in [-0.15, -0.1) is 0 Å². The van der Waals surface area contributed by atoms with Crippen LogP contribution in [0.1, 0.15) is 25.3 Å². The summed E-state index contributed by atoms with van der Waals surface area (Å²) in [5.41, 5.74) is -1.06. The van der Waals surface area contributed by atoms with Gasteiger partial charge in [0.15, 0.2) is 0 Å². The Labute approximate surface area is 133 Å². The summed E-state index contributed by atoms with van der Waals surface area (Å²) >= 11 is 0. The van der Waals surface area contributed by atoms with Crippen molar-refractivity contribution in [3.8, 4) is 0 Å². The third kappa shape index (κ3) is 4.94. The zero-order chi connectivity index (χ0) is 17.0. The van der Waals surface area contributed by atoms with Gasteiger partial charge in [-0.1, -0.05) is 12.1 Å². The number of para-hydroxylation sites is 1. The lowest BCUT2D eigenvalue weighted by Gasteiger charge is -2.17. The van der Waals surface area contributed by atoms with Crippen LogP contribution >= 0.6 is 0 Å². The number of likely N-dealkylation sites (tertiary alicyclic amines) is 1. The molecule has 2 unspecified atom stereocenters. The molecule has 0 aliphatic carbocycles. The van der Waals surface area contributed by atoms with Crippen LogP contribution < -0.4 is 5.32 Å². The van der Waals surface area contributed by atoms with Gasteiger partial charge >= 0.3 is 6.18 Å². The Balaban J connectivity index is 1.87. The first-order valence-electron chi connectivity index (χ1n) is 7.64. The molecule has 2 atom stereocenters. The van der Waals surface area contributed by atoms with Crippen molar-refractivity contribution in [2.75, 3.05) is 25.0 Å². The Kier molecular flexibility index (Phi) is 5.64. The second-order valence-electron chi connectivity index (χ2n) is 5.93. The molecule has 0 radical (unpaired) electrons. The molecule has 128 valence electrons. The summed E-state index contributed by atoms with van der Waals surface area (Å²) in [5, 5.41) is 11.9. The number of anilines is 1. The Hall–Kier alpha value is -1.60. The van der Waals surface area contributed by atoms with E-state index in [0.717, 1.165) is 19.0 Å². The summed E-state index contributed by atoms with van der Waals surface area (Å²) in [4.78, 5) is 14.0. The molecule has 1 amide bonds. The lowest BCUT2D eigenvalue weighted by molar-refractivity contribution is -0.137. The van der Waals surface area contributed by atoms with Crippen LogP contribution in [0.4, 0.5) is 18.9 Å². The molecule has 2 rings (SSSR count). The molecule has 0 bridgehead atoms. The van der Waals surface area contributed by atoms with Gasteiger partial charge in [0, 0.05) is 19.5 Å². The number of nitrogens with one attached hydrogen (secondary N) is 1.